The number of carbonyl (C=O) groups is 2. The minimum absolute atomic E-state index is 0.267. The molecule has 2 aromatic heterocycles. The van der Waals surface area contributed by atoms with Gasteiger partial charge in [0.2, 0.25) is 5.88 Å². The molecule has 0 aliphatic carbocycles. The van der Waals surface area contributed by atoms with Gasteiger partial charge in [-0.3, -0.25) is 4.79 Å². The quantitative estimate of drug-likeness (QED) is 0.764. The highest BCUT2D eigenvalue weighted by Crippen LogP contribution is 2.29. The Morgan fingerprint density at radius 2 is 2.11 bits per heavy atom. The molecule has 7 nitrogen and oxygen atoms in total. The first kappa shape index (κ1) is 20.1. The Labute approximate surface area is 166 Å². The highest BCUT2D eigenvalue weighted by molar-refractivity contribution is 7.12. The molecule has 0 aromatic carbocycles. The van der Waals surface area contributed by atoms with E-state index in [1.807, 2.05) is 6.07 Å². The number of carboxylic acid groups (broad SMARTS) is 1. The second-order valence-corrected chi connectivity index (χ2v) is 7.75. The van der Waals surface area contributed by atoms with Gasteiger partial charge in [0.1, 0.15) is 0 Å². The highest BCUT2D eigenvalue weighted by atomic mass is 32.1. The van der Waals surface area contributed by atoms with E-state index in [0.717, 1.165) is 29.7 Å². The number of halogens is 1. The molecule has 150 valence electrons. The van der Waals surface area contributed by atoms with Crippen molar-refractivity contribution >= 4 is 23.3 Å². The second kappa shape index (κ2) is 9.01. The Hall–Kier alpha value is -2.68. The lowest BCUT2D eigenvalue weighted by Gasteiger charge is -2.32. The number of amides is 2. The number of hydrogen-bond acceptors (Lipinski definition) is 5. The summed E-state index contributed by atoms with van der Waals surface area (Å²) in [5, 5.41) is 11.7. The second-order valence-electron chi connectivity index (χ2n) is 6.71. The van der Waals surface area contributed by atoms with Gasteiger partial charge in [0.15, 0.2) is 5.13 Å². The van der Waals surface area contributed by atoms with E-state index < -0.39 is 11.2 Å². The number of aromatic nitrogens is 1. The SMILES string of the molecule is COc1ccc(C(CC2CCN(C(=O)O)CC2)NC(=O)c2ccc(F)s2)cn1. The zero-order chi connectivity index (χ0) is 20.1. The molecule has 2 aromatic rings. The zero-order valence-corrected chi connectivity index (χ0v) is 16.2. The molecule has 1 saturated heterocycles. The van der Waals surface area contributed by atoms with Crippen LogP contribution in [0.2, 0.25) is 0 Å². The maximum atomic E-state index is 13.3. The standard InChI is InChI=1S/C19H22FN3O4S/c1-27-17-5-2-13(11-21-17)14(22-18(24)15-3-4-16(20)28-15)10-12-6-8-23(9-7-12)19(25)26/h2-5,11-12,14H,6-10H2,1H3,(H,22,24)(H,25,26). The molecule has 28 heavy (non-hydrogen) atoms. The highest BCUT2D eigenvalue weighted by Gasteiger charge is 2.27. The van der Waals surface area contributed by atoms with E-state index in [4.69, 9.17) is 9.84 Å². The Balaban J connectivity index is 1.72. The van der Waals surface area contributed by atoms with Crippen molar-refractivity contribution in [1.82, 2.24) is 15.2 Å². The number of nitrogens with zero attached hydrogens (tertiary/aromatic N) is 2. The maximum absolute atomic E-state index is 13.3. The number of ether oxygens (including phenoxy) is 1. The predicted molar refractivity (Wildman–Crippen MR) is 102 cm³/mol. The lowest BCUT2D eigenvalue weighted by atomic mass is 9.88. The number of methoxy groups -OCH3 is 1. The average molecular weight is 407 g/mol. The molecule has 2 amide bonds. The predicted octanol–water partition coefficient (Wildman–Crippen LogP) is 3.54. The summed E-state index contributed by atoms with van der Waals surface area (Å²) in [6.07, 6.45) is 2.88. The third-order valence-corrected chi connectivity index (χ3v) is 5.80. The van der Waals surface area contributed by atoms with Gasteiger partial charge >= 0.3 is 6.09 Å². The number of carbonyl (C=O) groups excluding carboxylic acids is 1. The van der Waals surface area contributed by atoms with Crippen LogP contribution in [-0.2, 0) is 0 Å². The van der Waals surface area contributed by atoms with Gasteiger partial charge in [0.05, 0.1) is 18.0 Å². The monoisotopic (exact) mass is 407 g/mol. The van der Waals surface area contributed by atoms with E-state index in [1.165, 1.54) is 24.1 Å². The van der Waals surface area contributed by atoms with Gasteiger partial charge in [0, 0.05) is 25.4 Å². The number of likely N-dealkylation sites (tertiary alicyclic amines) is 1. The summed E-state index contributed by atoms with van der Waals surface area (Å²) >= 11 is 0.802. The molecule has 0 bridgehead atoms. The molecule has 1 aliphatic rings. The number of thiophene rings is 1. The summed E-state index contributed by atoms with van der Waals surface area (Å²) in [6, 6.07) is 6.00. The minimum atomic E-state index is -0.901. The Morgan fingerprint density at radius 3 is 2.64 bits per heavy atom. The van der Waals surface area contributed by atoms with Crippen molar-refractivity contribution < 1.29 is 23.8 Å². The molecule has 1 fully saturated rings. The topological polar surface area (TPSA) is 91.8 Å². The lowest BCUT2D eigenvalue weighted by molar-refractivity contribution is 0.0926. The van der Waals surface area contributed by atoms with Crippen LogP contribution in [0.1, 0.15) is 40.5 Å². The maximum Gasteiger partial charge on any atom is 0.407 e. The summed E-state index contributed by atoms with van der Waals surface area (Å²) < 4.78 is 18.4. The van der Waals surface area contributed by atoms with Gasteiger partial charge in [-0.25, -0.2) is 9.78 Å². The van der Waals surface area contributed by atoms with Crippen LogP contribution in [0.4, 0.5) is 9.18 Å². The molecule has 9 heteroatoms. The van der Waals surface area contributed by atoms with Gasteiger partial charge in [-0.05, 0) is 42.9 Å². The number of piperidine rings is 1. The minimum Gasteiger partial charge on any atom is -0.481 e. The van der Waals surface area contributed by atoms with Gasteiger partial charge < -0.3 is 20.1 Å². The Bertz CT molecular complexity index is 819. The lowest BCUT2D eigenvalue weighted by Crippen LogP contribution is -2.39. The van der Waals surface area contributed by atoms with E-state index in [0.29, 0.717) is 30.3 Å². The molecule has 0 spiro atoms. The van der Waals surface area contributed by atoms with Crippen molar-refractivity contribution in [3.63, 3.8) is 0 Å². The fraction of sp³-hybridized carbons (Fsp3) is 0.421. The van der Waals surface area contributed by atoms with Crippen LogP contribution in [0.5, 0.6) is 5.88 Å². The van der Waals surface area contributed by atoms with Crippen LogP contribution in [0.15, 0.2) is 30.5 Å². The van der Waals surface area contributed by atoms with Gasteiger partial charge in [-0.1, -0.05) is 6.07 Å². The first-order valence-corrected chi connectivity index (χ1v) is 9.82. The third kappa shape index (κ3) is 4.98. The Morgan fingerprint density at radius 1 is 1.36 bits per heavy atom. The zero-order valence-electron chi connectivity index (χ0n) is 15.4. The first-order valence-electron chi connectivity index (χ1n) is 9.00. The van der Waals surface area contributed by atoms with Crippen LogP contribution < -0.4 is 10.1 Å². The molecule has 1 atom stereocenters. The largest absolute Gasteiger partial charge is 0.481 e. The number of pyridine rings is 1. The molecular formula is C19H22FN3O4S. The molecule has 3 heterocycles. The summed E-state index contributed by atoms with van der Waals surface area (Å²) in [7, 11) is 1.53. The van der Waals surface area contributed by atoms with E-state index in [1.54, 1.807) is 12.3 Å². The summed E-state index contributed by atoms with van der Waals surface area (Å²) in [6.45, 7) is 0.968. The molecule has 1 unspecified atom stereocenters. The van der Waals surface area contributed by atoms with E-state index >= 15 is 0 Å². The summed E-state index contributed by atoms with van der Waals surface area (Å²) in [5.74, 6) is 0.407. The van der Waals surface area contributed by atoms with Crippen molar-refractivity contribution in [2.45, 2.75) is 25.3 Å². The van der Waals surface area contributed by atoms with Crippen molar-refractivity contribution in [3.8, 4) is 5.88 Å². The van der Waals surface area contributed by atoms with Gasteiger partial charge in [-0.15, -0.1) is 11.3 Å². The fourth-order valence-corrected chi connectivity index (χ4v) is 3.99. The number of nitrogens with one attached hydrogen (secondary N) is 1. The normalized spacial score (nSPS) is 15.9. The summed E-state index contributed by atoms with van der Waals surface area (Å²) in [4.78, 5) is 29.6. The van der Waals surface area contributed by atoms with Crippen LogP contribution in [0, 0.1) is 11.0 Å². The molecule has 3 rings (SSSR count). The van der Waals surface area contributed by atoms with Crippen molar-refractivity contribution in [2.24, 2.45) is 5.92 Å². The summed E-state index contributed by atoms with van der Waals surface area (Å²) in [5.41, 5.74) is 0.826. The number of rotatable bonds is 6. The molecular weight excluding hydrogens is 385 g/mol. The smallest absolute Gasteiger partial charge is 0.407 e. The number of hydrogen-bond donors (Lipinski definition) is 2. The van der Waals surface area contributed by atoms with E-state index in [-0.39, 0.29) is 17.9 Å². The van der Waals surface area contributed by atoms with Crippen LogP contribution in [0.3, 0.4) is 0 Å². The van der Waals surface area contributed by atoms with Gasteiger partial charge in [0.25, 0.3) is 5.91 Å². The van der Waals surface area contributed by atoms with Crippen molar-refractivity contribution in [2.75, 3.05) is 20.2 Å². The molecule has 0 saturated carbocycles. The fourth-order valence-electron chi connectivity index (χ4n) is 3.36. The van der Waals surface area contributed by atoms with Gasteiger partial charge in [-0.2, -0.15) is 4.39 Å². The van der Waals surface area contributed by atoms with Crippen LogP contribution in [-0.4, -0.2) is 47.2 Å². The van der Waals surface area contributed by atoms with E-state index in [9.17, 15) is 14.0 Å². The Kier molecular flexibility index (Phi) is 6.45. The first-order chi connectivity index (χ1) is 13.5. The van der Waals surface area contributed by atoms with Crippen molar-refractivity contribution in [3.05, 3.63) is 46.0 Å². The molecule has 1 aliphatic heterocycles. The van der Waals surface area contributed by atoms with Crippen molar-refractivity contribution in [1.29, 1.82) is 0 Å². The molecule has 0 radical (unpaired) electrons. The van der Waals surface area contributed by atoms with Crippen LogP contribution >= 0.6 is 11.3 Å². The van der Waals surface area contributed by atoms with Crippen LogP contribution in [0.25, 0.3) is 0 Å². The van der Waals surface area contributed by atoms with E-state index in [2.05, 4.69) is 10.3 Å². The average Bonchev–Trinajstić information content (AvgIpc) is 3.14. The molecule has 2 N–H and O–H groups in total. The third-order valence-electron chi connectivity index (χ3n) is 4.93.